The molecular formula is C14H15BrN2O. The summed E-state index contributed by atoms with van der Waals surface area (Å²) < 4.78 is 6.78. The molecule has 0 aliphatic heterocycles. The van der Waals surface area contributed by atoms with E-state index in [0.29, 0.717) is 0 Å². The summed E-state index contributed by atoms with van der Waals surface area (Å²) in [5, 5.41) is 3.26. The third kappa shape index (κ3) is 3.82. The number of pyridine rings is 1. The highest BCUT2D eigenvalue weighted by Crippen LogP contribution is 2.23. The SMILES string of the molecule is CCNCc1cncc(Oc2ccc(Br)cc2)c1. The van der Waals surface area contributed by atoms with Crippen LogP contribution < -0.4 is 10.1 Å². The van der Waals surface area contributed by atoms with E-state index in [4.69, 9.17) is 4.74 Å². The molecule has 4 heteroatoms. The standard InChI is InChI=1S/C14H15BrN2O/c1-2-16-8-11-7-14(10-17-9-11)18-13-5-3-12(15)4-6-13/h3-7,9-10,16H,2,8H2,1H3. The fraction of sp³-hybridized carbons (Fsp3) is 0.214. The van der Waals surface area contributed by atoms with Gasteiger partial charge in [-0.1, -0.05) is 22.9 Å². The molecule has 0 saturated heterocycles. The van der Waals surface area contributed by atoms with Gasteiger partial charge in [0.25, 0.3) is 0 Å². The second kappa shape index (κ2) is 6.52. The smallest absolute Gasteiger partial charge is 0.146 e. The van der Waals surface area contributed by atoms with Gasteiger partial charge in [0.1, 0.15) is 11.5 Å². The van der Waals surface area contributed by atoms with Crippen molar-refractivity contribution in [2.75, 3.05) is 6.54 Å². The van der Waals surface area contributed by atoms with Crippen molar-refractivity contribution < 1.29 is 4.74 Å². The largest absolute Gasteiger partial charge is 0.456 e. The third-order valence-corrected chi connectivity index (χ3v) is 2.93. The van der Waals surface area contributed by atoms with Crippen LogP contribution >= 0.6 is 15.9 Å². The second-order valence-corrected chi connectivity index (χ2v) is 4.78. The van der Waals surface area contributed by atoms with Gasteiger partial charge in [-0.25, -0.2) is 0 Å². The van der Waals surface area contributed by atoms with Crippen LogP contribution in [0, 0.1) is 0 Å². The van der Waals surface area contributed by atoms with Crippen molar-refractivity contribution in [3.63, 3.8) is 0 Å². The number of hydrogen-bond donors (Lipinski definition) is 1. The summed E-state index contributed by atoms with van der Waals surface area (Å²) in [5.41, 5.74) is 1.12. The molecule has 0 atom stereocenters. The van der Waals surface area contributed by atoms with Crippen LogP contribution in [0.4, 0.5) is 0 Å². The van der Waals surface area contributed by atoms with Crippen molar-refractivity contribution in [2.24, 2.45) is 0 Å². The van der Waals surface area contributed by atoms with Gasteiger partial charge >= 0.3 is 0 Å². The summed E-state index contributed by atoms with van der Waals surface area (Å²) in [6, 6.07) is 9.73. The van der Waals surface area contributed by atoms with Gasteiger partial charge in [-0.05, 0) is 42.4 Å². The van der Waals surface area contributed by atoms with Crippen LogP contribution in [0.5, 0.6) is 11.5 Å². The Morgan fingerprint density at radius 2 is 1.94 bits per heavy atom. The van der Waals surface area contributed by atoms with E-state index >= 15 is 0 Å². The lowest BCUT2D eigenvalue weighted by atomic mass is 10.2. The molecule has 1 heterocycles. The molecule has 0 bridgehead atoms. The highest BCUT2D eigenvalue weighted by Gasteiger charge is 2.00. The summed E-state index contributed by atoms with van der Waals surface area (Å²) in [7, 11) is 0. The Morgan fingerprint density at radius 3 is 2.67 bits per heavy atom. The van der Waals surface area contributed by atoms with E-state index in [1.54, 1.807) is 6.20 Å². The lowest BCUT2D eigenvalue weighted by Gasteiger charge is -2.07. The molecule has 3 nitrogen and oxygen atoms in total. The number of benzene rings is 1. The van der Waals surface area contributed by atoms with Gasteiger partial charge in [0.15, 0.2) is 0 Å². The minimum absolute atomic E-state index is 0.757. The number of hydrogen-bond acceptors (Lipinski definition) is 3. The summed E-state index contributed by atoms with van der Waals surface area (Å²) in [6.45, 7) is 3.83. The van der Waals surface area contributed by atoms with E-state index < -0.39 is 0 Å². The number of nitrogens with zero attached hydrogens (tertiary/aromatic N) is 1. The third-order valence-electron chi connectivity index (χ3n) is 2.40. The first-order valence-electron chi connectivity index (χ1n) is 5.86. The monoisotopic (exact) mass is 306 g/mol. The van der Waals surface area contributed by atoms with Crippen LogP contribution in [0.3, 0.4) is 0 Å². The molecule has 0 saturated carbocycles. The van der Waals surface area contributed by atoms with Gasteiger partial charge in [0.05, 0.1) is 6.20 Å². The molecule has 0 amide bonds. The predicted molar refractivity (Wildman–Crippen MR) is 75.8 cm³/mol. The Hall–Kier alpha value is -1.39. The zero-order valence-electron chi connectivity index (χ0n) is 10.2. The maximum atomic E-state index is 5.74. The number of nitrogens with one attached hydrogen (secondary N) is 1. The van der Waals surface area contributed by atoms with Gasteiger partial charge in [-0.15, -0.1) is 0 Å². The number of aromatic nitrogens is 1. The fourth-order valence-corrected chi connectivity index (χ4v) is 1.79. The summed E-state index contributed by atoms with van der Waals surface area (Å²) in [5.74, 6) is 1.56. The van der Waals surface area contributed by atoms with Crippen molar-refractivity contribution in [1.82, 2.24) is 10.3 Å². The van der Waals surface area contributed by atoms with Crippen molar-refractivity contribution in [3.8, 4) is 11.5 Å². The van der Waals surface area contributed by atoms with Crippen LogP contribution in [0.25, 0.3) is 0 Å². The Labute approximate surface area is 115 Å². The van der Waals surface area contributed by atoms with Crippen molar-refractivity contribution in [2.45, 2.75) is 13.5 Å². The Bertz CT molecular complexity index is 499. The summed E-state index contributed by atoms with van der Waals surface area (Å²) in [4.78, 5) is 4.18. The first-order valence-corrected chi connectivity index (χ1v) is 6.65. The van der Waals surface area contributed by atoms with Gasteiger partial charge in [0.2, 0.25) is 0 Å². The van der Waals surface area contributed by atoms with Crippen LogP contribution in [0.15, 0.2) is 47.2 Å². The first-order chi connectivity index (χ1) is 8.78. The van der Waals surface area contributed by atoms with Crippen molar-refractivity contribution in [1.29, 1.82) is 0 Å². The second-order valence-electron chi connectivity index (χ2n) is 3.87. The Morgan fingerprint density at radius 1 is 1.17 bits per heavy atom. The minimum Gasteiger partial charge on any atom is -0.456 e. The highest BCUT2D eigenvalue weighted by molar-refractivity contribution is 9.10. The fourth-order valence-electron chi connectivity index (χ4n) is 1.52. The van der Waals surface area contributed by atoms with Gasteiger partial charge in [-0.3, -0.25) is 4.98 Å². The molecule has 0 aliphatic carbocycles. The van der Waals surface area contributed by atoms with Crippen LogP contribution in [-0.4, -0.2) is 11.5 Å². The average molecular weight is 307 g/mol. The van der Waals surface area contributed by atoms with Crippen molar-refractivity contribution in [3.05, 3.63) is 52.8 Å². The lowest BCUT2D eigenvalue weighted by Crippen LogP contribution is -2.11. The maximum Gasteiger partial charge on any atom is 0.146 e. The molecule has 1 aromatic carbocycles. The van der Waals surface area contributed by atoms with Crippen LogP contribution in [-0.2, 0) is 6.54 Å². The van der Waals surface area contributed by atoms with Crippen LogP contribution in [0.1, 0.15) is 12.5 Å². The summed E-state index contributed by atoms with van der Waals surface area (Å²) in [6.07, 6.45) is 3.56. The van der Waals surface area contributed by atoms with Crippen molar-refractivity contribution >= 4 is 15.9 Å². The molecule has 0 radical (unpaired) electrons. The molecule has 1 N–H and O–H groups in total. The topological polar surface area (TPSA) is 34.2 Å². The normalized spacial score (nSPS) is 10.3. The number of halogens is 1. The van der Waals surface area contributed by atoms with Gasteiger partial charge in [-0.2, -0.15) is 0 Å². The van der Waals surface area contributed by atoms with E-state index in [-0.39, 0.29) is 0 Å². The molecule has 94 valence electrons. The average Bonchev–Trinajstić information content (AvgIpc) is 2.40. The van der Waals surface area contributed by atoms with E-state index in [1.807, 2.05) is 36.5 Å². The van der Waals surface area contributed by atoms with E-state index in [9.17, 15) is 0 Å². The molecule has 0 unspecified atom stereocenters. The first kappa shape index (κ1) is 13.1. The van der Waals surface area contributed by atoms with E-state index in [2.05, 4.69) is 33.2 Å². The lowest BCUT2D eigenvalue weighted by molar-refractivity contribution is 0.479. The number of ether oxygens (including phenoxy) is 1. The molecule has 2 aromatic rings. The number of rotatable bonds is 5. The maximum absolute atomic E-state index is 5.74. The Kier molecular flexibility index (Phi) is 4.73. The Balaban J connectivity index is 2.06. The molecule has 0 aliphatic rings. The zero-order chi connectivity index (χ0) is 12.8. The quantitative estimate of drug-likeness (QED) is 0.913. The molecular weight excluding hydrogens is 292 g/mol. The van der Waals surface area contributed by atoms with Gasteiger partial charge in [0, 0.05) is 17.2 Å². The molecule has 0 fully saturated rings. The minimum atomic E-state index is 0.757. The molecule has 0 spiro atoms. The summed E-state index contributed by atoms with van der Waals surface area (Å²) >= 11 is 3.39. The highest BCUT2D eigenvalue weighted by atomic mass is 79.9. The van der Waals surface area contributed by atoms with Crippen LogP contribution in [0.2, 0.25) is 0 Å². The predicted octanol–water partition coefficient (Wildman–Crippen LogP) is 3.75. The molecule has 18 heavy (non-hydrogen) atoms. The van der Waals surface area contributed by atoms with E-state index in [0.717, 1.165) is 34.6 Å². The van der Waals surface area contributed by atoms with E-state index in [1.165, 1.54) is 0 Å². The molecule has 1 aromatic heterocycles. The molecule has 2 rings (SSSR count). The zero-order valence-corrected chi connectivity index (χ0v) is 11.8. The van der Waals surface area contributed by atoms with Gasteiger partial charge < -0.3 is 10.1 Å².